The van der Waals surface area contributed by atoms with Crippen LogP contribution in [0.2, 0.25) is 0 Å². The van der Waals surface area contributed by atoms with E-state index in [2.05, 4.69) is 6.92 Å². The van der Waals surface area contributed by atoms with Gasteiger partial charge in [0.15, 0.2) is 11.4 Å². The molecule has 29 heavy (non-hydrogen) atoms. The zero-order chi connectivity index (χ0) is 21.9. The molecule has 7 heteroatoms. The number of unbranched alkanes of at least 4 members (excludes halogenated alkanes) is 12. The largest absolute Gasteiger partial charge is 0.387 e. The lowest BCUT2D eigenvalue weighted by Gasteiger charge is -2.46. The number of carbonyl (C=O) groups is 1. The normalized spacial score (nSPS) is 32.4. The molecule has 0 aromatic carbocycles. The quantitative estimate of drug-likeness (QED) is 0.222. The molecule has 0 bridgehead atoms. The molecule has 2 unspecified atom stereocenters. The maximum atomic E-state index is 12.4. The van der Waals surface area contributed by atoms with E-state index in [0.29, 0.717) is 6.42 Å². The van der Waals surface area contributed by atoms with E-state index in [9.17, 15) is 35.4 Å². The SMILES string of the molecule is CCCCCCCCCCCCCCCC(=O)C1(O)[C@H](O)[C@H](O)C(O)[C@H](O)[C@H]1O. The Labute approximate surface area is 174 Å². The molecular formula is C22H42O7. The lowest BCUT2D eigenvalue weighted by atomic mass is 9.71. The van der Waals surface area contributed by atoms with Crippen LogP contribution in [-0.4, -0.2) is 72.5 Å². The average Bonchev–Trinajstić information content (AvgIpc) is 2.72. The van der Waals surface area contributed by atoms with Gasteiger partial charge in [0.05, 0.1) is 0 Å². The summed E-state index contributed by atoms with van der Waals surface area (Å²) in [6.07, 6.45) is 5.10. The van der Waals surface area contributed by atoms with Crippen LogP contribution in [0.25, 0.3) is 0 Å². The van der Waals surface area contributed by atoms with Crippen LogP contribution in [0.15, 0.2) is 0 Å². The Morgan fingerprint density at radius 2 is 0.966 bits per heavy atom. The summed E-state index contributed by atoms with van der Waals surface area (Å²) < 4.78 is 0. The minimum atomic E-state index is -2.67. The van der Waals surface area contributed by atoms with Gasteiger partial charge in [-0.15, -0.1) is 0 Å². The van der Waals surface area contributed by atoms with Crippen molar-refractivity contribution in [2.24, 2.45) is 0 Å². The highest BCUT2D eigenvalue weighted by molar-refractivity contribution is 5.89. The minimum absolute atomic E-state index is 0.0715. The van der Waals surface area contributed by atoms with Crippen LogP contribution in [0.5, 0.6) is 0 Å². The van der Waals surface area contributed by atoms with Crippen LogP contribution in [0.3, 0.4) is 0 Å². The predicted molar refractivity (Wildman–Crippen MR) is 110 cm³/mol. The maximum absolute atomic E-state index is 12.4. The maximum Gasteiger partial charge on any atom is 0.179 e. The van der Waals surface area contributed by atoms with Gasteiger partial charge < -0.3 is 30.6 Å². The van der Waals surface area contributed by atoms with Gasteiger partial charge in [-0.25, -0.2) is 0 Å². The molecule has 172 valence electrons. The number of ketones is 1. The van der Waals surface area contributed by atoms with Crippen molar-refractivity contribution in [3.05, 3.63) is 0 Å². The summed E-state index contributed by atoms with van der Waals surface area (Å²) in [4.78, 5) is 12.4. The molecule has 0 aromatic rings. The Bertz CT molecular complexity index is 440. The molecule has 0 heterocycles. The third kappa shape index (κ3) is 7.56. The van der Waals surface area contributed by atoms with E-state index in [-0.39, 0.29) is 6.42 Å². The molecule has 6 atom stereocenters. The van der Waals surface area contributed by atoms with Crippen molar-refractivity contribution in [3.8, 4) is 0 Å². The molecular weight excluding hydrogens is 376 g/mol. The van der Waals surface area contributed by atoms with Gasteiger partial charge in [0.25, 0.3) is 0 Å². The molecule has 0 aromatic heterocycles. The van der Waals surface area contributed by atoms with Crippen LogP contribution in [0.1, 0.15) is 96.8 Å². The lowest BCUT2D eigenvalue weighted by molar-refractivity contribution is -0.259. The van der Waals surface area contributed by atoms with Crippen molar-refractivity contribution in [3.63, 3.8) is 0 Å². The van der Waals surface area contributed by atoms with Gasteiger partial charge in [-0.1, -0.05) is 84.0 Å². The Morgan fingerprint density at radius 1 is 0.621 bits per heavy atom. The molecule has 6 N–H and O–H groups in total. The Hall–Kier alpha value is -0.570. The van der Waals surface area contributed by atoms with E-state index in [4.69, 9.17) is 0 Å². The second-order valence-electron chi connectivity index (χ2n) is 8.60. The van der Waals surface area contributed by atoms with Gasteiger partial charge in [-0.3, -0.25) is 4.79 Å². The van der Waals surface area contributed by atoms with Crippen LogP contribution in [-0.2, 0) is 4.79 Å². The number of aliphatic hydroxyl groups is 6. The first-order chi connectivity index (χ1) is 13.8. The van der Waals surface area contributed by atoms with E-state index >= 15 is 0 Å². The van der Waals surface area contributed by atoms with Gasteiger partial charge in [-0.05, 0) is 6.42 Å². The van der Waals surface area contributed by atoms with Crippen molar-refractivity contribution in [1.82, 2.24) is 0 Å². The number of aliphatic hydroxyl groups excluding tert-OH is 5. The summed E-state index contributed by atoms with van der Waals surface area (Å²) >= 11 is 0. The van der Waals surface area contributed by atoms with Crippen molar-refractivity contribution in [2.75, 3.05) is 0 Å². The van der Waals surface area contributed by atoms with Gasteiger partial charge in [0, 0.05) is 6.42 Å². The summed E-state index contributed by atoms with van der Waals surface area (Å²) in [5, 5.41) is 59.4. The number of rotatable bonds is 15. The molecule has 1 fully saturated rings. The van der Waals surface area contributed by atoms with Crippen LogP contribution in [0.4, 0.5) is 0 Å². The number of Topliss-reactive ketones (excluding diaryl/α,β-unsaturated/α-hetero) is 1. The van der Waals surface area contributed by atoms with Crippen molar-refractivity contribution < 1.29 is 35.4 Å². The van der Waals surface area contributed by atoms with Crippen molar-refractivity contribution in [2.45, 2.75) is 133 Å². The van der Waals surface area contributed by atoms with Crippen LogP contribution < -0.4 is 0 Å². The van der Waals surface area contributed by atoms with E-state index < -0.39 is 41.9 Å². The van der Waals surface area contributed by atoms with Crippen molar-refractivity contribution in [1.29, 1.82) is 0 Å². The smallest absolute Gasteiger partial charge is 0.179 e. The molecule has 0 radical (unpaired) electrons. The zero-order valence-electron chi connectivity index (χ0n) is 17.9. The van der Waals surface area contributed by atoms with Gasteiger partial charge in [0.2, 0.25) is 0 Å². The standard InChI is InChI=1S/C22H42O7/c1-2-3-4-5-6-7-8-9-10-11-12-13-14-15-16(23)22(29)20(27)18(25)17(24)19(26)21(22)28/h17-21,24-29H,2-15H2,1H3/t17?,18-,19+,20-,21-,22?/m1/s1. The third-order valence-corrected chi connectivity index (χ3v) is 6.20. The van der Waals surface area contributed by atoms with E-state index in [1.54, 1.807) is 0 Å². The Balaban J connectivity index is 2.16. The third-order valence-electron chi connectivity index (χ3n) is 6.20. The molecule has 1 aliphatic carbocycles. The predicted octanol–water partition coefficient (Wildman–Crippen LogP) is 1.59. The highest BCUT2D eigenvalue weighted by atomic mass is 16.4. The summed E-state index contributed by atoms with van der Waals surface area (Å²) in [5.74, 6) is -0.828. The minimum Gasteiger partial charge on any atom is -0.387 e. The highest BCUT2D eigenvalue weighted by Gasteiger charge is 2.60. The lowest BCUT2D eigenvalue weighted by Crippen LogP contribution is -2.73. The molecule has 0 amide bonds. The molecule has 7 nitrogen and oxygen atoms in total. The van der Waals surface area contributed by atoms with Gasteiger partial charge >= 0.3 is 0 Å². The molecule has 1 aliphatic rings. The number of carbonyl (C=O) groups excluding carboxylic acids is 1. The van der Waals surface area contributed by atoms with E-state index in [1.807, 2.05) is 0 Å². The summed E-state index contributed by atoms with van der Waals surface area (Å²) in [7, 11) is 0. The summed E-state index contributed by atoms with van der Waals surface area (Å²) in [5.41, 5.74) is -2.67. The molecule has 0 saturated heterocycles. The monoisotopic (exact) mass is 418 g/mol. The second kappa shape index (κ2) is 13.7. The Kier molecular flexibility index (Phi) is 12.5. The molecule has 1 rings (SSSR count). The van der Waals surface area contributed by atoms with Crippen LogP contribution in [0, 0.1) is 0 Å². The fourth-order valence-electron chi connectivity index (χ4n) is 4.10. The van der Waals surface area contributed by atoms with Gasteiger partial charge in [0.1, 0.15) is 30.5 Å². The van der Waals surface area contributed by atoms with Gasteiger partial charge in [-0.2, -0.15) is 0 Å². The first-order valence-corrected chi connectivity index (χ1v) is 11.4. The van der Waals surface area contributed by atoms with Crippen LogP contribution >= 0.6 is 0 Å². The second-order valence-corrected chi connectivity index (χ2v) is 8.60. The number of hydrogen-bond donors (Lipinski definition) is 6. The van der Waals surface area contributed by atoms with Crippen molar-refractivity contribution >= 4 is 5.78 Å². The number of hydrogen-bond acceptors (Lipinski definition) is 7. The summed E-state index contributed by atoms with van der Waals surface area (Å²) in [6.45, 7) is 2.22. The Morgan fingerprint density at radius 3 is 1.34 bits per heavy atom. The van der Waals surface area contributed by atoms with E-state index in [0.717, 1.165) is 19.3 Å². The average molecular weight is 419 g/mol. The first kappa shape index (κ1) is 26.5. The topological polar surface area (TPSA) is 138 Å². The fraction of sp³-hybridized carbons (Fsp3) is 0.955. The van der Waals surface area contributed by atoms with E-state index in [1.165, 1.54) is 57.8 Å². The summed E-state index contributed by atoms with van der Waals surface area (Å²) in [6, 6.07) is 0. The molecule has 0 spiro atoms. The zero-order valence-corrected chi connectivity index (χ0v) is 17.9. The first-order valence-electron chi connectivity index (χ1n) is 11.4. The highest BCUT2D eigenvalue weighted by Crippen LogP contribution is 2.32. The fourth-order valence-corrected chi connectivity index (χ4v) is 4.10. The molecule has 1 saturated carbocycles. The molecule has 0 aliphatic heterocycles.